The van der Waals surface area contributed by atoms with Gasteiger partial charge < -0.3 is 15.5 Å². The number of thiophene rings is 1. The molecular formula is C16H24N4O2S. The van der Waals surface area contributed by atoms with Gasteiger partial charge in [0, 0.05) is 42.0 Å². The topological polar surface area (TPSA) is 64.7 Å². The highest BCUT2D eigenvalue weighted by Crippen LogP contribution is 2.18. The molecule has 0 saturated carbocycles. The number of hydrogen-bond acceptors (Lipinski definition) is 4. The van der Waals surface area contributed by atoms with Crippen LogP contribution in [0, 0.1) is 6.92 Å². The van der Waals surface area contributed by atoms with E-state index in [9.17, 15) is 9.59 Å². The highest BCUT2D eigenvalue weighted by Gasteiger charge is 2.30. The van der Waals surface area contributed by atoms with E-state index in [4.69, 9.17) is 0 Å². The zero-order valence-corrected chi connectivity index (χ0v) is 14.3. The highest BCUT2D eigenvalue weighted by molar-refractivity contribution is 7.11. The van der Waals surface area contributed by atoms with Crippen molar-refractivity contribution in [3.05, 3.63) is 21.9 Å². The molecular weight excluding hydrogens is 312 g/mol. The van der Waals surface area contributed by atoms with Gasteiger partial charge in [0.25, 0.3) is 0 Å². The molecule has 7 heteroatoms. The van der Waals surface area contributed by atoms with Crippen LogP contribution < -0.4 is 10.6 Å². The van der Waals surface area contributed by atoms with Crippen LogP contribution in [0.4, 0.5) is 4.79 Å². The van der Waals surface area contributed by atoms with Gasteiger partial charge in [-0.3, -0.25) is 9.69 Å². The minimum atomic E-state index is 0.0624. The fraction of sp³-hybridized carbons (Fsp3) is 0.625. The first-order valence-corrected chi connectivity index (χ1v) is 9.02. The summed E-state index contributed by atoms with van der Waals surface area (Å²) < 4.78 is 0. The zero-order valence-electron chi connectivity index (χ0n) is 13.5. The van der Waals surface area contributed by atoms with Gasteiger partial charge in [0.2, 0.25) is 5.91 Å². The van der Waals surface area contributed by atoms with Gasteiger partial charge in [-0.25, -0.2) is 4.79 Å². The fourth-order valence-corrected chi connectivity index (χ4v) is 4.08. The van der Waals surface area contributed by atoms with Crippen molar-refractivity contribution in [3.63, 3.8) is 0 Å². The first-order valence-electron chi connectivity index (χ1n) is 8.20. The van der Waals surface area contributed by atoms with Gasteiger partial charge in [-0.2, -0.15) is 0 Å². The van der Waals surface area contributed by atoms with Crippen LogP contribution in [0.15, 0.2) is 12.1 Å². The van der Waals surface area contributed by atoms with Crippen molar-refractivity contribution < 1.29 is 9.59 Å². The third-order valence-corrected chi connectivity index (χ3v) is 5.51. The Hall–Kier alpha value is -1.60. The zero-order chi connectivity index (χ0) is 16.2. The summed E-state index contributed by atoms with van der Waals surface area (Å²) in [7, 11) is 0. The smallest absolute Gasteiger partial charge is 0.317 e. The third kappa shape index (κ3) is 4.23. The molecule has 23 heavy (non-hydrogen) atoms. The van der Waals surface area contributed by atoms with Crippen molar-refractivity contribution in [3.8, 4) is 0 Å². The second kappa shape index (κ2) is 7.31. The van der Waals surface area contributed by atoms with Gasteiger partial charge in [0.15, 0.2) is 0 Å². The Bertz CT molecular complexity index is 566. The van der Waals surface area contributed by atoms with Gasteiger partial charge in [-0.05, 0) is 31.9 Å². The number of carbonyl (C=O) groups excluding carboxylic acids is 2. The average Bonchev–Trinajstić information content (AvgIpc) is 3.14. The largest absolute Gasteiger partial charge is 0.350 e. The molecule has 3 amide bonds. The van der Waals surface area contributed by atoms with Crippen LogP contribution >= 0.6 is 11.3 Å². The maximum absolute atomic E-state index is 12.1. The number of urea groups is 1. The molecule has 2 aliphatic rings. The highest BCUT2D eigenvalue weighted by atomic mass is 32.1. The lowest BCUT2D eigenvalue weighted by molar-refractivity contribution is -0.122. The monoisotopic (exact) mass is 336 g/mol. The fourth-order valence-electron chi connectivity index (χ4n) is 3.25. The number of rotatable bonds is 5. The summed E-state index contributed by atoms with van der Waals surface area (Å²) in [5, 5.41) is 5.84. The van der Waals surface area contributed by atoms with Crippen LogP contribution in [-0.4, -0.2) is 60.5 Å². The number of amides is 3. The molecule has 126 valence electrons. The minimum absolute atomic E-state index is 0.0624. The van der Waals surface area contributed by atoms with Gasteiger partial charge in [0.1, 0.15) is 0 Å². The van der Waals surface area contributed by atoms with Crippen molar-refractivity contribution in [2.45, 2.75) is 32.4 Å². The van der Waals surface area contributed by atoms with Crippen molar-refractivity contribution in [2.24, 2.45) is 0 Å². The number of carbonyl (C=O) groups is 2. The molecule has 0 aromatic carbocycles. The normalized spacial score (nSPS) is 19.9. The van der Waals surface area contributed by atoms with Gasteiger partial charge in [-0.15, -0.1) is 11.3 Å². The Balaban J connectivity index is 1.38. The van der Waals surface area contributed by atoms with E-state index in [1.807, 2.05) is 4.90 Å². The Morgan fingerprint density at radius 2 is 2.13 bits per heavy atom. The van der Waals surface area contributed by atoms with E-state index in [0.717, 1.165) is 39.0 Å². The maximum atomic E-state index is 12.1. The van der Waals surface area contributed by atoms with E-state index < -0.39 is 0 Å². The molecule has 2 fully saturated rings. The number of piperidine rings is 1. The quantitative estimate of drug-likeness (QED) is 0.848. The molecule has 2 aliphatic heterocycles. The van der Waals surface area contributed by atoms with Crippen LogP contribution in [0.25, 0.3) is 0 Å². The third-order valence-electron chi connectivity index (χ3n) is 4.51. The van der Waals surface area contributed by atoms with Gasteiger partial charge >= 0.3 is 6.03 Å². The van der Waals surface area contributed by atoms with Crippen LogP contribution in [0.3, 0.4) is 0 Å². The molecule has 0 atom stereocenters. The lowest BCUT2D eigenvalue weighted by atomic mass is 10.0. The van der Waals surface area contributed by atoms with E-state index in [1.54, 1.807) is 11.3 Å². The Morgan fingerprint density at radius 1 is 1.35 bits per heavy atom. The number of likely N-dealkylation sites (tertiary alicyclic amines) is 1. The first kappa shape index (κ1) is 16.3. The van der Waals surface area contributed by atoms with Crippen molar-refractivity contribution in [1.29, 1.82) is 0 Å². The van der Waals surface area contributed by atoms with E-state index in [1.165, 1.54) is 9.75 Å². The van der Waals surface area contributed by atoms with Crippen LogP contribution in [-0.2, 0) is 11.3 Å². The summed E-state index contributed by atoms with van der Waals surface area (Å²) in [4.78, 5) is 30.3. The number of hydrogen-bond donors (Lipinski definition) is 2. The summed E-state index contributed by atoms with van der Waals surface area (Å²) in [5.74, 6) is 0.0772. The molecule has 2 saturated heterocycles. The number of nitrogens with zero attached hydrogens (tertiary/aromatic N) is 2. The van der Waals surface area contributed by atoms with Crippen LogP contribution in [0.5, 0.6) is 0 Å². The Morgan fingerprint density at radius 3 is 2.74 bits per heavy atom. The lowest BCUT2D eigenvalue weighted by Gasteiger charge is -2.35. The SMILES string of the molecule is Cc1ccc(CNC(=O)CN2CCC(N3CCNC3=O)CC2)s1. The average molecular weight is 336 g/mol. The number of nitrogens with one attached hydrogen (secondary N) is 2. The first-order chi connectivity index (χ1) is 11.1. The molecule has 0 radical (unpaired) electrons. The second-order valence-corrected chi connectivity index (χ2v) is 7.59. The van der Waals surface area contributed by atoms with E-state index >= 15 is 0 Å². The van der Waals surface area contributed by atoms with Gasteiger partial charge in [-0.1, -0.05) is 0 Å². The molecule has 0 bridgehead atoms. The molecule has 3 heterocycles. The van der Waals surface area contributed by atoms with E-state index in [2.05, 4.69) is 34.6 Å². The van der Waals surface area contributed by atoms with Crippen LogP contribution in [0.2, 0.25) is 0 Å². The molecule has 0 spiro atoms. The van der Waals surface area contributed by atoms with Gasteiger partial charge in [0.05, 0.1) is 13.1 Å². The molecule has 3 rings (SSSR count). The van der Waals surface area contributed by atoms with E-state index in [-0.39, 0.29) is 11.9 Å². The predicted molar refractivity (Wildman–Crippen MR) is 90.5 cm³/mol. The summed E-state index contributed by atoms with van der Waals surface area (Å²) in [5.41, 5.74) is 0. The summed E-state index contributed by atoms with van der Waals surface area (Å²) in [6, 6.07) is 4.52. The standard InChI is InChI=1S/C16H24N4O2S/c1-12-2-3-14(23-12)10-18-15(21)11-19-7-4-13(5-8-19)20-9-6-17-16(20)22/h2-3,13H,4-11H2,1H3,(H,17,22)(H,18,21). The molecule has 6 nitrogen and oxygen atoms in total. The van der Waals surface area contributed by atoms with Crippen molar-refractivity contribution in [1.82, 2.24) is 20.4 Å². The molecule has 0 unspecified atom stereocenters. The number of aryl methyl sites for hydroxylation is 1. The Kier molecular flexibility index (Phi) is 5.17. The molecule has 1 aromatic heterocycles. The van der Waals surface area contributed by atoms with Crippen LogP contribution in [0.1, 0.15) is 22.6 Å². The maximum Gasteiger partial charge on any atom is 0.317 e. The predicted octanol–water partition coefficient (Wildman–Crippen LogP) is 1.16. The van der Waals surface area contributed by atoms with Crippen molar-refractivity contribution in [2.75, 3.05) is 32.7 Å². The van der Waals surface area contributed by atoms with E-state index in [0.29, 0.717) is 19.1 Å². The summed E-state index contributed by atoms with van der Waals surface area (Å²) in [6.45, 7) is 6.44. The molecule has 1 aromatic rings. The molecule has 2 N–H and O–H groups in total. The summed E-state index contributed by atoms with van der Waals surface area (Å²) >= 11 is 1.72. The summed E-state index contributed by atoms with van der Waals surface area (Å²) in [6.07, 6.45) is 1.90. The minimum Gasteiger partial charge on any atom is -0.350 e. The lowest BCUT2D eigenvalue weighted by Crippen LogP contribution is -2.48. The Labute approximate surface area is 140 Å². The molecule has 0 aliphatic carbocycles. The second-order valence-electron chi connectivity index (χ2n) is 6.22. The van der Waals surface area contributed by atoms with Crippen molar-refractivity contribution >= 4 is 23.3 Å².